The summed E-state index contributed by atoms with van der Waals surface area (Å²) in [5, 5.41) is 7.19. The predicted octanol–water partition coefficient (Wildman–Crippen LogP) is 2.64. The lowest BCUT2D eigenvalue weighted by Gasteiger charge is -2.18. The molecule has 96 valence electrons. The Kier molecular flexibility index (Phi) is 6.40. The van der Waals surface area contributed by atoms with Crippen molar-refractivity contribution < 1.29 is 4.94 Å². The predicted molar refractivity (Wildman–Crippen MR) is 71.3 cm³/mol. The molecule has 0 heterocycles. The zero-order chi connectivity index (χ0) is 12.5. The highest BCUT2D eigenvalue weighted by Crippen LogP contribution is 2.18. The first kappa shape index (κ1) is 13.8. The normalized spacial score (nSPS) is 18.1. The highest BCUT2D eigenvalue weighted by Gasteiger charge is 2.15. The second-order valence-electron chi connectivity index (χ2n) is 4.27. The molecule has 0 aromatic heterocycles. The Morgan fingerprint density at radius 1 is 1.47 bits per heavy atom. The zero-order valence-electron chi connectivity index (χ0n) is 10.7. The first-order chi connectivity index (χ1) is 8.29. The van der Waals surface area contributed by atoms with Gasteiger partial charge in [-0.2, -0.15) is 0 Å². The smallest absolute Gasteiger partial charge is 0.0912 e. The van der Waals surface area contributed by atoms with E-state index in [1.165, 1.54) is 25.7 Å². The Hall–Kier alpha value is -1.29. The molecule has 0 atom stereocenters. The molecule has 0 amide bonds. The molecule has 4 nitrogen and oxygen atoms in total. The summed E-state index contributed by atoms with van der Waals surface area (Å²) in [6, 6.07) is 0. The van der Waals surface area contributed by atoms with Crippen LogP contribution in [0.15, 0.2) is 29.1 Å². The van der Waals surface area contributed by atoms with E-state index in [9.17, 15) is 0 Å². The van der Waals surface area contributed by atoms with Gasteiger partial charge >= 0.3 is 0 Å². The first-order valence-electron chi connectivity index (χ1n) is 6.36. The fourth-order valence-corrected chi connectivity index (χ4v) is 1.90. The van der Waals surface area contributed by atoms with Crippen LogP contribution in [0.3, 0.4) is 0 Å². The molecule has 0 radical (unpaired) electrons. The lowest BCUT2D eigenvalue weighted by atomic mass is 9.97. The van der Waals surface area contributed by atoms with Gasteiger partial charge in [-0.15, -0.1) is 5.90 Å². The van der Waals surface area contributed by atoms with Gasteiger partial charge in [-0.25, -0.2) is 0 Å². The van der Waals surface area contributed by atoms with E-state index in [1.807, 2.05) is 0 Å². The molecule has 0 saturated carbocycles. The van der Waals surface area contributed by atoms with Crippen LogP contribution in [0, 0.1) is 0 Å². The second-order valence-corrected chi connectivity index (χ2v) is 4.27. The summed E-state index contributed by atoms with van der Waals surface area (Å²) in [5.74, 6) is 4.95. The average molecular weight is 237 g/mol. The van der Waals surface area contributed by atoms with E-state index in [0.29, 0.717) is 0 Å². The van der Waals surface area contributed by atoms with Crippen molar-refractivity contribution >= 4 is 5.71 Å². The van der Waals surface area contributed by atoms with Crippen molar-refractivity contribution in [2.24, 2.45) is 11.1 Å². The van der Waals surface area contributed by atoms with Gasteiger partial charge in [-0.3, -0.25) is 0 Å². The summed E-state index contributed by atoms with van der Waals surface area (Å²) in [4.78, 5) is 4.33. The lowest BCUT2D eigenvalue weighted by Crippen LogP contribution is -2.22. The van der Waals surface area contributed by atoms with E-state index in [2.05, 4.69) is 35.0 Å². The van der Waals surface area contributed by atoms with Crippen LogP contribution in [0.2, 0.25) is 0 Å². The number of unbranched alkanes of at least 4 members (excludes halogenated alkanes) is 3. The fourth-order valence-electron chi connectivity index (χ4n) is 1.90. The number of hydrogen-bond acceptors (Lipinski definition) is 4. The van der Waals surface area contributed by atoms with Crippen molar-refractivity contribution in [2.75, 3.05) is 6.54 Å². The van der Waals surface area contributed by atoms with Gasteiger partial charge < -0.3 is 10.3 Å². The minimum absolute atomic E-state index is 0.839. The quantitative estimate of drug-likeness (QED) is 0.528. The van der Waals surface area contributed by atoms with Crippen LogP contribution in [-0.2, 0) is 4.94 Å². The molecule has 1 rings (SSSR count). The molecule has 0 fully saturated rings. The first-order valence-corrected chi connectivity index (χ1v) is 6.36. The van der Waals surface area contributed by atoms with Gasteiger partial charge in [0.1, 0.15) is 0 Å². The van der Waals surface area contributed by atoms with Gasteiger partial charge in [0.25, 0.3) is 0 Å². The molecule has 3 N–H and O–H groups in total. The van der Waals surface area contributed by atoms with Gasteiger partial charge in [-0.1, -0.05) is 44.0 Å². The molecule has 0 aromatic rings. The molecule has 0 bridgehead atoms. The third kappa shape index (κ3) is 4.61. The van der Waals surface area contributed by atoms with Gasteiger partial charge in [0.15, 0.2) is 0 Å². The standard InChI is InChI=1S/C13H23N3O/c1-3-4-5-6-10-15-12-8-7-9-13(11(12)2)16-17-14/h8,15H,2-7,9-10,14H2,1H3/b16-13-. The monoisotopic (exact) mass is 237 g/mol. The molecule has 0 unspecified atom stereocenters. The number of oxime groups is 1. The number of rotatable bonds is 7. The van der Waals surface area contributed by atoms with E-state index in [1.54, 1.807) is 0 Å². The summed E-state index contributed by atoms with van der Waals surface area (Å²) in [5.41, 5.74) is 2.81. The largest absolute Gasteiger partial charge is 0.385 e. The van der Waals surface area contributed by atoms with Crippen LogP contribution in [-0.4, -0.2) is 12.3 Å². The molecular formula is C13H23N3O. The molecule has 1 aliphatic carbocycles. The van der Waals surface area contributed by atoms with Crippen LogP contribution in [0.1, 0.15) is 45.4 Å². The molecule has 17 heavy (non-hydrogen) atoms. The summed E-state index contributed by atoms with van der Waals surface area (Å²) >= 11 is 0. The van der Waals surface area contributed by atoms with Gasteiger partial charge in [0.2, 0.25) is 0 Å². The van der Waals surface area contributed by atoms with Gasteiger partial charge in [0.05, 0.1) is 5.71 Å². The van der Waals surface area contributed by atoms with Crippen molar-refractivity contribution in [3.8, 4) is 0 Å². The molecule has 1 aliphatic rings. The summed E-state index contributed by atoms with van der Waals surface area (Å²) in [6.45, 7) is 7.22. The van der Waals surface area contributed by atoms with Crippen molar-refractivity contribution in [3.05, 3.63) is 23.9 Å². The highest BCUT2D eigenvalue weighted by molar-refractivity contribution is 6.03. The lowest BCUT2D eigenvalue weighted by molar-refractivity contribution is 0.148. The van der Waals surface area contributed by atoms with Crippen LogP contribution < -0.4 is 11.2 Å². The van der Waals surface area contributed by atoms with Gasteiger partial charge in [0, 0.05) is 17.8 Å². The minimum atomic E-state index is 0.839. The SMILES string of the molecule is C=C1C(NCCCCCC)=CCC/C1=N/ON. The maximum absolute atomic E-state index is 4.95. The third-order valence-electron chi connectivity index (χ3n) is 2.91. The van der Waals surface area contributed by atoms with Crippen molar-refractivity contribution in [1.82, 2.24) is 5.32 Å². The zero-order valence-corrected chi connectivity index (χ0v) is 10.7. The van der Waals surface area contributed by atoms with Crippen molar-refractivity contribution in [3.63, 3.8) is 0 Å². The van der Waals surface area contributed by atoms with E-state index < -0.39 is 0 Å². The summed E-state index contributed by atoms with van der Waals surface area (Å²) in [6.07, 6.45) is 9.00. The summed E-state index contributed by atoms with van der Waals surface area (Å²) in [7, 11) is 0. The maximum atomic E-state index is 4.95. The second kappa shape index (κ2) is 7.90. The topological polar surface area (TPSA) is 59.6 Å². The van der Waals surface area contributed by atoms with Crippen LogP contribution in [0.5, 0.6) is 0 Å². The minimum Gasteiger partial charge on any atom is -0.385 e. The van der Waals surface area contributed by atoms with Crippen LogP contribution in [0.4, 0.5) is 0 Å². The molecule has 0 spiro atoms. The molecule has 0 aromatic carbocycles. The Morgan fingerprint density at radius 2 is 2.29 bits per heavy atom. The van der Waals surface area contributed by atoms with E-state index in [0.717, 1.165) is 36.4 Å². The van der Waals surface area contributed by atoms with Crippen LogP contribution >= 0.6 is 0 Å². The molecular weight excluding hydrogens is 214 g/mol. The van der Waals surface area contributed by atoms with E-state index in [4.69, 9.17) is 5.90 Å². The number of nitrogens with one attached hydrogen (secondary N) is 1. The number of hydrogen-bond donors (Lipinski definition) is 2. The Bertz CT molecular complexity index is 308. The van der Waals surface area contributed by atoms with Crippen LogP contribution in [0.25, 0.3) is 0 Å². The Morgan fingerprint density at radius 3 is 3.00 bits per heavy atom. The third-order valence-corrected chi connectivity index (χ3v) is 2.91. The molecule has 0 saturated heterocycles. The summed E-state index contributed by atoms with van der Waals surface area (Å²) < 4.78 is 0. The maximum Gasteiger partial charge on any atom is 0.0912 e. The van der Waals surface area contributed by atoms with Gasteiger partial charge in [-0.05, 0) is 19.3 Å². The van der Waals surface area contributed by atoms with E-state index >= 15 is 0 Å². The average Bonchev–Trinajstić information content (AvgIpc) is 2.33. The number of nitrogens with zero attached hydrogens (tertiary/aromatic N) is 1. The van der Waals surface area contributed by atoms with E-state index in [-0.39, 0.29) is 0 Å². The highest BCUT2D eigenvalue weighted by atomic mass is 16.7. The molecule has 0 aliphatic heterocycles. The van der Waals surface area contributed by atoms with Crippen molar-refractivity contribution in [1.29, 1.82) is 0 Å². The Balaban J connectivity index is 2.35. The number of nitrogens with two attached hydrogens (primary N) is 1. The number of allylic oxidation sites excluding steroid dienone is 2. The molecule has 4 heteroatoms. The van der Waals surface area contributed by atoms with Crippen molar-refractivity contribution in [2.45, 2.75) is 45.4 Å². The Labute approximate surface area is 104 Å². The fraction of sp³-hybridized carbons (Fsp3) is 0.615.